The fourth-order valence-corrected chi connectivity index (χ4v) is 3.31. The molecular formula is C20H18CuN2O2. The molecule has 1 aliphatic rings. The van der Waals surface area contributed by atoms with Crippen molar-refractivity contribution < 1.29 is 27.3 Å². The number of hydrogen-bond acceptors (Lipinski definition) is 4. The second kappa shape index (κ2) is 7.26. The average Bonchev–Trinajstić information content (AvgIpc) is 2.63. The monoisotopic (exact) mass is 381 g/mol. The van der Waals surface area contributed by atoms with E-state index in [-0.39, 0.29) is 28.6 Å². The van der Waals surface area contributed by atoms with Crippen molar-refractivity contribution in [1.82, 2.24) is 0 Å². The van der Waals surface area contributed by atoms with E-state index in [1.807, 2.05) is 36.4 Å². The Morgan fingerprint density at radius 1 is 0.720 bits per heavy atom. The second-order valence-corrected chi connectivity index (χ2v) is 6.13. The Morgan fingerprint density at radius 3 is 2.24 bits per heavy atom. The van der Waals surface area contributed by atoms with Crippen LogP contribution in [0.15, 0.2) is 58.8 Å². The van der Waals surface area contributed by atoms with Crippen LogP contribution in [0.5, 0.6) is 11.5 Å². The summed E-state index contributed by atoms with van der Waals surface area (Å²) >= 11 is 0. The van der Waals surface area contributed by atoms with Crippen LogP contribution in [0.2, 0.25) is 0 Å². The van der Waals surface area contributed by atoms with Gasteiger partial charge in [-0.2, -0.15) is 0 Å². The van der Waals surface area contributed by atoms with Gasteiger partial charge in [0.2, 0.25) is 0 Å². The normalized spacial score (nSPS) is 13.6. The van der Waals surface area contributed by atoms with Gasteiger partial charge in [0.1, 0.15) is 17.1 Å². The van der Waals surface area contributed by atoms with Gasteiger partial charge < -0.3 is 10.2 Å². The van der Waals surface area contributed by atoms with E-state index in [9.17, 15) is 10.2 Å². The molecule has 5 heteroatoms. The SMILES string of the molecule is Oc1c(N=Nc2ccc3ccccc3c2O)ccc2c1CCCC2.[Cu]. The minimum Gasteiger partial charge on any atom is -0.505 e. The Morgan fingerprint density at radius 2 is 1.40 bits per heavy atom. The van der Waals surface area contributed by atoms with Gasteiger partial charge in [-0.3, -0.25) is 0 Å². The first-order valence-corrected chi connectivity index (χ1v) is 8.20. The summed E-state index contributed by atoms with van der Waals surface area (Å²) in [4.78, 5) is 0. The quantitative estimate of drug-likeness (QED) is 0.452. The minimum atomic E-state index is 0. The molecule has 3 aromatic carbocycles. The molecule has 0 amide bonds. The van der Waals surface area contributed by atoms with Crippen molar-refractivity contribution in [2.24, 2.45) is 10.2 Å². The van der Waals surface area contributed by atoms with Gasteiger partial charge in [-0.15, -0.1) is 10.2 Å². The molecular weight excluding hydrogens is 364 g/mol. The third-order valence-corrected chi connectivity index (χ3v) is 4.63. The standard InChI is InChI=1S/C20H18N2O2.Cu/c23-19-15-7-3-1-5-13(15)9-11-17(19)21-22-18-12-10-14-6-2-4-8-16(14)20(18)24;/h1,3,5,7,9-12,23-24H,2,4,6,8H2;. The van der Waals surface area contributed by atoms with Crippen LogP contribution in [0, 0.1) is 0 Å². The average molecular weight is 382 g/mol. The number of aryl methyl sites for hydroxylation is 1. The number of hydrogen-bond donors (Lipinski definition) is 2. The molecule has 0 aromatic heterocycles. The molecule has 0 unspecified atom stereocenters. The van der Waals surface area contributed by atoms with Gasteiger partial charge in [0.25, 0.3) is 0 Å². The number of nitrogens with zero attached hydrogens (tertiary/aromatic N) is 2. The fraction of sp³-hybridized carbons (Fsp3) is 0.200. The summed E-state index contributed by atoms with van der Waals surface area (Å²) in [5.74, 6) is 0.325. The van der Waals surface area contributed by atoms with E-state index in [1.54, 1.807) is 12.1 Å². The molecule has 1 aliphatic carbocycles. The molecule has 0 saturated heterocycles. The van der Waals surface area contributed by atoms with E-state index in [4.69, 9.17) is 0 Å². The molecule has 25 heavy (non-hydrogen) atoms. The topological polar surface area (TPSA) is 65.2 Å². The van der Waals surface area contributed by atoms with E-state index >= 15 is 0 Å². The Kier molecular flexibility index (Phi) is 5.07. The molecule has 2 N–H and O–H groups in total. The zero-order valence-electron chi connectivity index (χ0n) is 13.5. The summed E-state index contributed by atoms with van der Waals surface area (Å²) in [7, 11) is 0. The molecule has 4 rings (SSSR count). The van der Waals surface area contributed by atoms with Crippen LogP contribution < -0.4 is 0 Å². The molecule has 4 nitrogen and oxygen atoms in total. The molecule has 0 fully saturated rings. The molecule has 0 bridgehead atoms. The van der Waals surface area contributed by atoms with Gasteiger partial charge in [0.15, 0.2) is 5.75 Å². The van der Waals surface area contributed by atoms with Crippen molar-refractivity contribution in [2.75, 3.05) is 0 Å². The molecule has 0 atom stereocenters. The predicted octanol–water partition coefficient (Wildman–Crippen LogP) is 5.54. The summed E-state index contributed by atoms with van der Waals surface area (Å²) in [6.45, 7) is 0. The van der Waals surface area contributed by atoms with Crippen molar-refractivity contribution in [3.05, 3.63) is 59.7 Å². The number of phenolic OH excluding ortho intramolecular Hbond substituents is 2. The molecule has 0 spiro atoms. The van der Waals surface area contributed by atoms with Gasteiger partial charge in [0, 0.05) is 22.5 Å². The minimum absolute atomic E-state index is 0. The summed E-state index contributed by atoms with van der Waals surface area (Å²) in [5, 5.41) is 30.8. The number of rotatable bonds is 2. The molecule has 3 aromatic rings. The van der Waals surface area contributed by atoms with Crippen LogP contribution in [0.4, 0.5) is 11.4 Å². The summed E-state index contributed by atoms with van der Waals surface area (Å²) in [5.41, 5.74) is 3.03. The molecule has 0 saturated carbocycles. The third kappa shape index (κ3) is 3.25. The fourth-order valence-electron chi connectivity index (χ4n) is 3.31. The number of aromatic hydroxyl groups is 2. The van der Waals surface area contributed by atoms with E-state index in [0.717, 1.165) is 42.0 Å². The van der Waals surface area contributed by atoms with Crippen molar-refractivity contribution >= 4 is 22.1 Å². The van der Waals surface area contributed by atoms with E-state index in [1.165, 1.54) is 5.56 Å². The first-order chi connectivity index (χ1) is 11.7. The van der Waals surface area contributed by atoms with Crippen LogP contribution >= 0.6 is 0 Å². The van der Waals surface area contributed by atoms with Crippen LogP contribution in [-0.2, 0) is 29.9 Å². The van der Waals surface area contributed by atoms with Crippen LogP contribution in [0.25, 0.3) is 10.8 Å². The first kappa shape index (κ1) is 17.5. The zero-order chi connectivity index (χ0) is 16.5. The Labute approximate surface area is 156 Å². The van der Waals surface area contributed by atoms with Crippen LogP contribution in [0.1, 0.15) is 24.0 Å². The maximum atomic E-state index is 10.4. The van der Waals surface area contributed by atoms with Crippen molar-refractivity contribution in [3.63, 3.8) is 0 Å². The van der Waals surface area contributed by atoms with Crippen molar-refractivity contribution in [2.45, 2.75) is 25.7 Å². The predicted molar refractivity (Wildman–Crippen MR) is 94.5 cm³/mol. The van der Waals surface area contributed by atoms with Gasteiger partial charge in [0.05, 0.1) is 0 Å². The first-order valence-electron chi connectivity index (χ1n) is 8.20. The second-order valence-electron chi connectivity index (χ2n) is 6.13. The molecule has 1 radical (unpaired) electrons. The van der Waals surface area contributed by atoms with Gasteiger partial charge in [-0.25, -0.2) is 0 Å². The zero-order valence-corrected chi connectivity index (χ0v) is 14.5. The van der Waals surface area contributed by atoms with Crippen LogP contribution in [-0.4, -0.2) is 10.2 Å². The maximum absolute atomic E-state index is 10.4. The number of azo groups is 1. The Hall–Kier alpha value is -2.36. The van der Waals surface area contributed by atoms with Crippen molar-refractivity contribution in [1.29, 1.82) is 0 Å². The smallest absolute Gasteiger partial charge is 0.150 e. The van der Waals surface area contributed by atoms with E-state index in [0.29, 0.717) is 11.4 Å². The van der Waals surface area contributed by atoms with Gasteiger partial charge in [-0.05, 0) is 54.3 Å². The molecule has 0 heterocycles. The summed E-state index contributed by atoms with van der Waals surface area (Å²) < 4.78 is 0. The number of benzene rings is 3. The van der Waals surface area contributed by atoms with E-state index < -0.39 is 0 Å². The molecule has 0 aliphatic heterocycles. The van der Waals surface area contributed by atoms with E-state index in [2.05, 4.69) is 10.2 Å². The third-order valence-electron chi connectivity index (χ3n) is 4.63. The van der Waals surface area contributed by atoms with Crippen molar-refractivity contribution in [3.8, 4) is 11.5 Å². The Bertz CT molecular complexity index is 954. The number of fused-ring (bicyclic) bond motifs is 2. The van der Waals surface area contributed by atoms with Gasteiger partial charge in [-0.1, -0.05) is 36.4 Å². The largest absolute Gasteiger partial charge is 0.505 e. The summed E-state index contributed by atoms with van der Waals surface area (Å²) in [6.07, 6.45) is 4.14. The Balaban J connectivity index is 0.00000182. The maximum Gasteiger partial charge on any atom is 0.150 e. The number of phenols is 2. The summed E-state index contributed by atoms with van der Waals surface area (Å²) in [6, 6.07) is 15.0. The molecule has 131 valence electrons. The van der Waals surface area contributed by atoms with Crippen LogP contribution in [0.3, 0.4) is 0 Å². The van der Waals surface area contributed by atoms with Gasteiger partial charge >= 0.3 is 0 Å².